The lowest BCUT2D eigenvalue weighted by Gasteiger charge is -2.05. The number of nitro groups is 1. The number of rotatable bonds is 7. The molecule has 0 spiro atoms. The van der Waals surface area contributed by atoms with E-state index in [2.05, 4.69) is 0 Å². The minimum Gasteiger partial charge on any atom is -0.500 e. The molecule has 2 aromatic rings. The van der Waals surface area contributed by atoms with Crippen LogP contribution >= 0.6 is 0 Å². The molecule has 0 fully saturated rings. The molecule has 0 saturated carbocycles. The Hall–Kier alpha value is -3.35. The van der Waals surface area contributed by atoms with Crippen molar-refractivity contribution in [2.24, 2.45) is 0 Å². The highest BCUT2D eigenvalue weighted by molar-refractivity contribution is 6.06. The number of benzene rings is 2. The van der Waals surface area contributed by atoms with E-state index in [4.69, 9.17) is 9.47 Å². The third-order valence-electron chi connectivity index (χ3n) is 3.37. The van der Waals surface area contributed by atoms with E-state index in [9.17, 15) is 20.0 Å². The van der Waals surface area contributed by atoms with E-state index >= 15 is 0 Å². The summed E-state index contributed by atoms with van der Waals surface area (Å²) in [7, 11) is 1.29. The maximum Gasteiger partial charge on any atom is 0.315 e. The van der Waals surface area contributed by atoms with Gasteiger partial charge >= 0.3 is 5.69 Å². The summed E-state index contributed by atoms with van der Waals surface area (Å²) in [5.41, 5.74) is 0.327. The van der Waals surface area contributed by atoms with E-state index in [1.807, 2.05) is 6.92 Å². The van der Waals surface area contributed by atoms with Gasteiger partial charge in [-0.25, -0.2) is 0 Å². The molecule has 0 amide bonds. The standard InChI is InChI=1S/C18H17NO6/c1-3-25-14-7-5-13(6-8-14)16(20)9-4-12-10-15(19(22)23)18(21)17(11-12)24-2/h4-11,21H,3H2,1-2H3. The van der Waals surface area contributed by atoms with Gasteiger partial charge in [-0.15, -0.1) is 0 Å². The van der Waals surface area contributed by atoms with Crippen LogP contribution in [0.1, 0.15) is 22.8 Å². The molecule has 2 aromatic carbocycles. The molecule has 0 aliphatic carbocycles. The maximum absolute atomic E-state index is 12.2. The van der Waals surface area contributed by atoms with Crippen molar-refractivity contribution in [1.29, 1.82) is 0 Å². The second-order valence-corrected chi connectivity index (χ2v) is 5.00. The Balaban J connectivity index is 2.24. The molecular weight excluding hydrogens is 326 g/mol. The molecule has 0 atom stereocenters. The van der Waals surface area contributed by atoms with E-state index in [1.165, 1.54) is 31.4 Å². The number of ketones is 1. The molecule has 0 bridgehead atoms. The van der Waals surface area contributed by atoms with E-state index in [0.29, 0.717) is 23.5 Å². The molecule has 7 heteroatoms. The Bertz CT molecular complexity index is 811. The van der Waals surface area contributed by atoms with Crippen molar-refractivity contribution < 1.29 is 24.3 Å². The monoisotopic (exact) mass is 343 g/mol. The minimum absolute atomic E-state index is 0.0395. The number of ether oxygens (including phenoxy) is 2. The fourth-order valence-corrected chi connectivity index (χ4v) is 2.16. The summed E-state index contributed by atoms with van der Waals surface area (Å²) in [4.78, 5) is 22.4. The molecule has 0 radical (unpaired) electrons. The summed E-state index contributed by atoms with van der Waals surface area (Å²) < 4.78 is 10.2. The van der Waals surface area contributed by atoms with E-state index in [-0.39, 0.29) is 11.5 Å². The zero-order valence-electron chi connectivity index (χ0n) is 13.8. The minimum atomic E-state index is -0.719. The Labute approximate surface area is 144 Å². The number of carbonyl (C=O) groups excluding carboxylic acids is 1. The van der Waals surface area contributed by atoms with Crippen LogP contribution in [0.3, 0.4) is 0 Å². The van der Waals surface area contributed by atoms with Crippen LogP contribution in [0, 0.1) is 10.1 Å². The number of methoxy groups -OCH3 is 1. The van der Waals surface area contributed by atoms with Crippen LogP contribution < -0.4 is 9.47 Å². The van der Waals surface area contributed by atoms with Crippen molar-refractivity contribution >= 4 is 17.5 Å². The summed E-state index contributed by atoms with van der Waals surface area (Å²) in [5, 5.41) is 20.7. The summed E-state index contributed by atoms with van der Waals surface area (Å²) in [6.45, 7) is 2.40. The van der Waals surface area contributed by atoms with Crippen molar-refractivity contribution in [3.63, 3.8) is 0 Å². The Morgan fingerprint density at radius 2 is 1.96 bits per heavy atom. The Morgan fingerprint density at radius 1 is 1.28 bits per heavy atom. The molecular formula is C18H17NO6. The average molecular weight is 343 g/mol. The van der Waals surface area contributed by atoms with Gasteiger partial charge in [0.15, 0.2) is 11.5 Å². The molecule has 7 nitrogen and oxygen atoms in total. The SMILES string of the molecule is CCOc1ccc(C(=O)C=Cc2cc(OC)c(O)c([N+](=O)[O-])c2)cc1. The first-order valence-corrected chi connectivity index (χ1v) is 7.47. The van der Waals surface area contributed by atoms with Crippen LogP contribution in [0.15, 0.2) is 42.5 Å². The third-order valence-corrected chi connectivity index (χ3v) is 3.37. The van der Waals surface area contributed by atoms with Gasteiger partial charge in [-0.2, -0.15) is 0 Å². The fraction of sp³-hybridized carbons (Fsp3) is 0.167. The number of phenolic OH excluding ortho intramolecular Hbond substituents is 1. The molecule has 0 unspecified atom stereocenters. The van der Waals surface area contributed by atoms with Crippen LogP contribution in [0.4, 0.5) is 5.69 Å². The topological polar surface area (TPSA) is 98.9 Å². The van der Waals surface area contributed by atoms with Crippen molar-refractivity contribution in [3.8, 4) is 17.2 Å². The van der Waals surface area contributed by atoms with E-state index in [1.54, 1.807) is 24.3 Å². The lowest BCUT2D eigenvalue weighted by atomic mass is 10.1. The fourth-order valence-electron chi connectivity index (χ4n) is 2.16. The summed E-state index contributed by atoms with van der Waals surface area (Å²) in [6, 6.07) is 9.23. The van der Waals surface area contributed by atoms with Gasteiger partial charge in [0.25, 0.3) is 0 Å². The first-order chi connectivity index (χ1) is 12.0. The molecule has 1 N–H and O–H groups in total. The summed E-state index contributed by atoms with van der Waals surface area (Å²) in [5.74, 6) is -0.190. The predicted molar refractivity (Wildman–Crippen MR) is 92.3 cm³/mol. The number of carbonyl (C=O) groups is 1. The number of hydrogen-bond donors (Lipinski definition) is 1. The van der Waals surface area contributed by atoms with Gasteiger partial charge in [0, 0.05) is 11.6 Å². The maximum atomic E-state index is 12.2. The van der Waals surface area contributed by atoms with Crippen LogP contribution in [-0.4, -0.2) is 29.5 Å². The summed E-state index contributed by atoms with van der Waals surface area (Å²) >= 11 is 0. The van der Waals surface area contributed by atoms with Gasteiger partial charge in [0.05, 0.1) is 18.6 Å². The first kappa shape index (κ1) is 18.0. The second kappa shape index (κ2) is 7.96. The van der Waals surface area contributed by atoms with Crippen LogP contribution in [0.25, 0.3) is 6.08 Å². The number of aromatic hydroxyl groups is 1. The van der Waals surface area contributed by atoms with Gasteiger partial charge in [0.2, 0.25) is 5.75 Å². The molecule has 0 aliphatic heterocycles. The number of phenols is 1. The van der Waals surface area contributed by atoms with Crippen molar-refractivity contribution in [3.05, 3.63) is 63.7 Å². The molecule has 0 aromatic heterocycles. The Morgan fingerprint density at radius 3 is 2.52 bits per heavy atom. The predicted octanol–water partition coefficient (Wildman–Crippen LogP) is 3.60. The first-order valence-electron chi connectivity index (χ1n) is 7.47. The Kier molecular flexibility index (Phi) is 5.73. The molecule has 130 valence electrons. The quantitative estimate of drug-likeness (QED) is 0.357. The van der Waals surface area contributed by atoms with Crippen LogP contribution in [0.5, 0.6) is 17.2 Å². The number of allylic oxidation sites excluding steroid dienone is 1. The lowest BCUT2D eigenvalue weighted by molar-refractivity contribution is -0.386. The molecule has 0 saturated heterocycles. The highest BCUT2D eigenvalue weighted by Gasteiger charge is 2.19. The molecule has 0 aliphatic rings. The number of nitro benzene ring substituents is 1. The van der Waals surface area contributed by atoms with Gasteiger partial charge < -0.3 is 14.6 Å². The third kappa shape index (κ3) is 4.35. The summed E-state index contributed by atoms with van der Waals surface area (Å²) in [6.07, 6.45) is 2.72. The smallest absolute Gasteiger partial charge is 0.315 e. The van der Waals surface area contributed by atoms with Crippen LogP contribution in [-0.2, 0) is 0 Å². The normalized spacial score (nSPS) is 10.6. The number of nitrogens with zero attached hydrogens (tertiary/aromatic N) is 1. The van der Waals surface area contributed by atoms with Crippen molar-refractivity contribution in [2.45, 2.75) is 6.92 Å². The van der Waals surface area contributed by atoms with Crippen molar-refractivity contribution in [1.82, 2.24) is 0 Å². The van der Waals surface area contributed by atoms with Crippen molar-refractivity contribution in [2.75, 3.05) is 13.7 Å². The molecule has 2 rings (SSSR count). The highest BCUT2D eigenvalue weighted by atomic mass is 16.6. The largest absolute Gasteiger partial charge is 0.500 e. The van der Waals surface area contributed by atoms with Gasteiger partial charge in [0.1, 0.15) is 5.75 Å². The van der Waals surface area contributed by atoms with Gasteiger partial charge in [-0.3, -0.25) is 14.9 Å². The van der Waals surface area contributed by atoms with E-state index in [0.717, 1.165) is 0 Å². The lowest BCUT2D eigenvalue weighted by Crippen LogP contribution is -1.96. The zero-order valence-corrected chi connectivity index (χ0v) is 13.8. The number of hydrogen-bond acceptors (Lipinski definition) is 6. The highest BCUT2D eigenvalue weighted by Crippen LogP contribution is 2.37. The molecule has 25 heavy (non-hydrogen) atoms. The van der Waals surface area contributed by atoms with Crippen LogP contribution in [0.2, 0.25) is 0 Å². The van der Waals surface area contributed by atoms with E-state index < -0.39 is 16.4 Å². The van der Waals surface area contributed by atoms with Gasteiger partial charge in [-0.05, 0) is 48.9 Å². The molecule has 0 heterocycles. The zero-order chi connectivity index (χ0) is 18.4. The second-order valence-electron chi connectivity index (χ2n) is 5.00. The van der Waals surface area contributed by atoms with Gasteiger partial charge in [-0.1, -0.05) is 6.08 Å². The average Bonchev–Trinajstić information content (AvgIpc) is 2.61.